The Morgan fingerprint density at radius 1 is 1.54 bits per heavy atom. The Balaban J connectivity index is 2.76. The molecule has 13 heavy (non-hydrogen) atoms. The first-order valence-electron chi connectivity index (χ1n) is 3.24. The second-order valence-electron chi connectivity index (χ2n) is 2.27. The van der Waals surface area contributed by atoms with Gasteiger partial charge in [-0.1, -0.05) is 0 Å². The quantitative estimate of drug-likeness (QED) is 0.666. The first-order valence-corrected chi connectivity index (χ1v) is 4.12. The van der Waals surface area contributed by atoms with Crippen LogP contribution in [0.2, 0.25) is 0 Å². The van der Waals surface area contributed by atoms with Gasteiger partial charge in [-0.3, -0.25) is 0 Å². The Kier molecular flexibility index (Phi) is 2.60. The van der Waals surface area contributed by atoms with Crippen LogP contribution in [0.5, 0.6) is 0 Å². The number of carbonyl (C=O) groups excluding carboxylic acids is 1. The fourth-order valence-electron chi connectivity index (χ4n) is 0.733. The average molecular weight is 210 g/mol. The molecule has 2 nitrogen and oxygen atoms in total. The number of hydrogen-bond donors (Lipinski definition) is 0. The third-order valence-electron chi connectivity index (χ3n) is 1.26. The van der Waals surface area contributed by atoms with Gasteiger partial charge in [0.1, 0.15) is 4.88 Å². The molecule has 0 bridgehead atoms. The van der Waals surface area contributed by atoms with Crippen LogP contribution in [0.1, 0.15) is 15.2 Å². The molecule has 0 saturated carbocycles. The minimum Gasteiger partial charge on any atom is -0.369 e. The van der Waals surface area contributed by atoms with Crippen LogP contribution in [0.4, 0.5) is 13.2 Å². The van der Waals surface area contributed by atoms with E-state index >= 15 is 0 Å². The number of hydrogen-bond acceptors (Lipinski definition) is 3. The zero-order chi connectivity index (χ0) is 10.1. The number of aryl methyl sites for hydroxylation is 1. The van der Waals surface area contributed by atoms with Gasteiger partial charge in [-0.2, -0.15) is 0 Å². The van der Waals surface area contributed by atoms with Crippen LogP contribution < -0.4 is 0 Å². The SMILES string of the molecule is Cc1ccsc1C(=O)OC(F)(F)F. The Labute approximate surface area is 75.9 Å². The number of ether oxygens (including phenoxy) is 1. The molecule has 0 aromatic carbocycles. The highest BCUT2D eigenvalue weighted by Crippen LogP contribution is 2.22. The summed E-state index contributed by atoms with van der Waals surface area (Å²) in [6.45, 7) is 1.55. The van der Waals surface area contributed by atoms with E-state index in [-0.39, 0.29) is 4.88 Å². The predicted octanol–water partition coefficient (Wildman–Crippen LogP) is 2.73. The van der Waals surface area contributed by atoms with Crippen LogP contribution in [0, 0.1) is 6.92 Å². The molecular weight excluding hydrogens is 205 g/mol. The summed E-state index contributed by atoms with van der Waals surface area (Å²) in [5.41, 5.74) is 0.485. The van der Waals surface area contributed by atoms with Crippen molar-refractivity contribution in [3.8, 4) is 0 Å². The van der Waals surface area contributed by atoms with Crippen molar-refractivity contribution in [1.29, 1.82) is 0 Å². The number of rotatable bonds is 1. The zero-order valence-corrected chi connectivity index (χ0v) is 7.33. The highest BCUT2D eigenvalue weighted by atomic mass is 32.1. The molecule has 0 atom stereocenters. The summed E-state index contributed by atoms with van der Waals surface area (Å²) in [4.78, 5) is 10.8. The summed E-state index contributed by atoms with van der Waals surface area (Å²) >= 11 is 0.924. The third kappa shape index (κ3) is 2.73. The van der Waals surface area contributed by atoms with Gasteiger partial charge in [0.05, 0.1) is 0 Å². The Morgan fingerprint density at radius 2 is 2.15 bits per heavy atom. The molecule has 0 saturated heterocycles. The van der Waals surface area contributed by atoms with Gasteiger partial charge in [0, 0.05) is 0 Å². The number of thiophene rings is 1. The molecule has 1 aromatic rings. The molecule has 72 valence electrons. The van der Waals surface area contributed by atoms with Crippen molar-refractivity contribution < 1.29 is 22.7 Å². The molecule has 1 aromatic heterocycles. The average Bonchev–Trinajstić information content (AvgIpc) is 2.30. The maximum Gasteiger partial charge on any atom is 0.575 e. The highest BCUT2D eigenvalue weighted by molar-refractivity contribution is 7.12. The second kappa shape index (κ2) is 3.37. The van der Waals surface area contributed by atoms with E-state index in [0.29, 0.717) is 5.56 Å². The molecule has 1 heterocycles. The molecule has 6 heteroatoms. The van der Waals surface area contributed by atoms with E-state index in [4.69, 9.17) is 0 Å². The summed E-state index contributed by atoms with van der Waals surface area (Å²) in [6, 6.07) is 1.55. The van der Waals surface area contributed by atoms with Crippen molar-refractivity contribution in [2.24, 2.45) is 0 Å². The minimum absolute atomic E-state index is 0.0164. The predicted molar refractivity (Wildman–Crippen MR) is 40.5 cm³/mol. The largest absolute Gasteiger partial charge is 0.575 e. The van der Waals surface area contributed by atoms with E-state index in [1.165, 1.54) is 5.38 Å². The molecule has 0 aliphatic heterocycles. The van der Waals surface area contributed by atoms with Crippen molar-refractivity contribution in [3.05, 3.63) is 21.9 Å². The Bertz CT molecular complexity index is 316. The lowest BCUT2D eigenvalue weighted by atomic mass is 10.3. The Hall–Kier alpha value is -1.04. The molecule has 1 rings (SSSR count). The van der Waals surface area contributed by atoms with Gasteiger partial charge in [0.25, 0.3) is 0 Å². The van der Waals surface area contributed by atoms with Gasteiger partial charge in [0.2, 0.25) is 0 Å². The molecule has 0 unspecified atom stereocenters. The van der Waals surface area contributed by atoms with Gasteiger partial charge < -0.3 is 4.74 Å². The summed E-state index contributed by atoms with van der Waals surface area (Å²) in [6.07, 6.45) is -4.91. The van der Waals surface area contributed by atoms with E-state index in [1.54, 1.807) is 13.0 Å². The lowest BCUT2D eigenvalue weighted by molar-refractivity contribution is -0.291. The Morgan fingerprint density at radius 3 is 2.54 bits per heavy atom. The number of esters is 1. The topological polar surface area (TPSA) is 26.3 Å². The molecule has 0 N–H and O–H groups in total. The van der Waals surface area contributed by atoms with Crippen molar-refractivity contribution in [3.63, 3.8) is 0 Å². The van der Waals surface area contributed by atoms with Crippen LogP contribution in [-0.2, 0) is 4.74 Å². The molecular formula is C7H5F3O2S. The lowest BCUT2D eigenvalue weighted by Gasteiger charge is -2.05. The normalized spacial score (nSPS) is 11.4. The van der Waals surface area contributed by atoms with Gasteiger partial charge in [-0.05, 0) is 23.9 Å². The monoisotopic (exact) mass is 210 g/mol. The number of carbonyl (C=O) groups is 1. The maximum absolute atomic E-state index is 11.6. The standard InChI is InChI=1S/C7H5F3O2S/c1-4-2-3-13-5(4)6(11)12-7(8,9)10/h2-3H,1H3. The van der Waals surface area contributed by atoms with E-state index in [2.05, 4.69) is 4.74 Å². The third-order valence-corrected chi connectivity index (χ3v) is 2.25. The van der Waals surface area contributed by atoms with E-state index in [9.17, 15) is 18.0 Å². The van der Waals surface area contributed by atoms with E-state index in [1.807, 2.05) is 0 Å². The van der Waals surface area contributed by atoms with E-state index in [0.717, 1.165) is 11.3 Å². The van der Waals surface area contributed by atoms with Gasteiger partial charge in [0.15, 0.2) is 0 Å². The lowest BCUT2D eigenvalue weighted by Crippen LogP contribution is -2.19. The van der Waals surface area contributed by atoms with Crippen molar-refractivity contribution in [2.45, 2.75) is 13.3 Å². The van der Waals surface area contributed by atoms with Gasteiger partial charge in [-0.15, -0.1) is 24.5 Å². The van der Waals surface area contributed by atoms with Crippen LogP contribution >= 0.6 is 11.3 Å². The molecule has 0 fully saturated rings. The van der Waals surface area contributed by atoms with Crippen LogP contribution in [0.3, 0.4) is 0 Å². The minimum atomic E-state index is -4.91. The fraction of sp³-hybridized carbons (Fsp3) is 0.286. The van der Waals surface area contributed by atoms with Crippen molar-refractivity contribution >= 4 is 17.3 Å². The smallest absolute Gasteiger partial charge is 0.369 e. The van der Waals surface area contributed by atoms with Crippen molar-refractivity contribution in [1.82, 2.24) is 0 Å². The zero-order valence-electron chi connectivity index (χ0n) is 6.51. The summed E-state index contributed by atoms with van der Waals surface area (Å²) in [5, 5.41) is 1.53. The molecule has 0 radical (unpaired) electrons. The summed E-state index contributed by atoms with van der Waals surface area (Å²) in [5.74, 6) is -1.35. The molecule has 0 aliphatic carbocycles. The molecule has 0 amide bonds. The number of alkyl halides is 3. The summed E-state index contributed by atoms with van der Waals surface area (Å²) in [7, 11) is 0. The van der Waals surface area contributed by atoms with E-state index < -0.39 is 12.3 Å². The number of halogens is 3. The molecule has 0 aliphatic rings. The summed E-state index contributed by atoms with van der Waals surface area (Å²) < 4.78 is 38.0. The van der Waals surface area contributed by atoms with Gasteiger partial charge in [-0.25, -0.2) is 4.79 Å². The van der Waals surface area contributed by atoms with Crippen LogP contribution in [-0.4, -0.2) is 12.3 Å². The van der Waals surface area contributed by atoms with Crippen LogP contribution in [0.25, 0.3) is 0 Å². The first-order chi connectivity index (χ1) is 5.90. The second-order valence-corrected chi connectivity index (χ2v) is 3.18. The first kappa shape index (κ1) is 10.0. The maximum atomic E-state index is 11.6. The fourth-order valence-corrected chi connectivity index (χ4v) is 1.53. The van der Waals surface area contributed by atoms with Crippen molar-refractivity contribution in [2.75, 3.05) is 0 Å². The molecule has 0 spiro atoms. The van der Waals surface area contributed by atoms with Gasteiger partial charge >= 0.3 is 12.3 Å². The highest BCUT2D eigenvalue weighted by Gasteiger charge is 2.35. The van der Waals surface area contributed by atoms with Crippen LogP contribution in [0.15, 0.2) is 11.4 Å².